The molecule has 1 saturated heterocycles. The summed E-state index contributed by atoms with van der Waals surface area (Å²) in [5.74, 6) is -0.171. The fourth-order valence-electron chi connectivity index (χ4n) is 2.15. The number of aryl methyl sites for hydroxylation is 2. The number of nitrogens with one attached hydrogen (secondary N) is 1. The van der Waals surface area contributed by atoms with Crippen LogP contribution in [0.2, 0.25) is 0 Å². The molecule has 0 bridgehead atoms. The fourth-order valence-corrected chi connectivity index (χ4v) is 2.15. The van der Waals surface area contributed by atoms with E-state index in [1.165, 1.54) is 0 Å². The van der Waals surface area contributed by atoms with Gasteiger partial charge in [-0.15, -0.1) is 0 Å². The van der Waals surface area contributed by atoms with Gasteiger partial charge in [0.05, 0.1) is 5.69 Å². The first-order valence-electron chi connectivity index (χ1n) is 6.06. The third kappa shape index (κ3) is 2.28. The molecule has 1 aromatic heterocycles. The quantitative estimate of drug-likeness (QED) is 0.633. The van der Waals surface area contributed by atoms with Gasteiger partial charge in [-0.2, -0.15) is 10.4 Å². The van der Waals surface area contributed by atoms with Crippen LogP contribution in [0.25, 0.3) is 6.08 Å². The number of rotatable bonds is 2. The summed E-state index contributed by atoms with van der Waals surface area (Å²) in [7, 11) is 0. The van der Waals surface area contributed by atoms with Crippen molar-refractivity contribution in [2.75, 3.05) is 13.1 Å². The monoisotopic (exact) mass is 244 g/mol. The molecule has 1 aromatic rings. The summed E-state index contributed by atoms with van der Waals surface area (Å²) in [5, 5.41) is 16.0. The smallest absolute Gasteiger partial charge is 0.264 e. The van der Waals surface area contributed by atoms with Gasteiger partial charge in [0.1, 0.15) is 11.6 Å². The summed E-state index contributed by atoms with van der Waals surface area (Å²) in [6.07, 6.45) is 3.68. The van der Waals surface area contributed by atoms with E-state index in [2.05, 4.69) is 10.2 Å². The van der Waals surface area contributed by atoms with Crippen molar-refractivity contribution in [3.63, 3.8) is 0 Å². The van der Waals surface area contributed by atoms with Crippen molar-refractivity contribution in [2.24, 2.45) is 0 Å². The van der Waals surface area contributed by atoms with Gasteiger partial charge in [-0.3, -0.25) is 9.89 Å². The van der Waals surface area contributed by atoms with Crippen LogP contribution in [0, 0.1) is 25.2 Å². The Labute approximate surface area is 106 Å². The Balaban J connectivity index is 2.28. The Morgan fingerprint density at radius 2 is 2.11 bits per heavy atom. The molecule has 0 atom stereocenters. The summed E-state index contributed by atoms with van der Waals surface area (Å²) < 4.78 is 0. The van der Waals surface area contributed by atoms with Crippen LogP contribution in [-0.2, 0) is 4.79 Å². The molecule has 0 aliphatic carbocycles. The number of aromatic nitrogens is 2. The molecule has 1 aliphatic rings. The normalized spacial score (nSPS) is 15.8. The van der Waals surface area contributed by atoms with E-state index >= 15 is 0 Å². The standard InChI is InChI=1S/C13H16N4O/c1-9-12(10(2)16-15-9)7-11(8-14)13(18)17-5-3-4-6-17/h7H,3-6H2,1-2H3,(H,15,16)/b11-7+. The number of carbonyl (C=O) groups is 1. The summed E-state index contributed by atoms with van der Waals surface area (Å²) in [6, 6.07) is 2.00. The molecule has 0 aromatic carbocycles. The van der Waals surface area contributed by atoms with E-state index in [1.807, 2.05) is 19.9 Å². The van der Waals surface area contributed by atoms with Gasteiger partial charge in [0, 0.05) is 24.3 Å². The van der Waals surface area contributed by atoms with Crippen LogP contribution < -0.4 is 0 Å². The number of hydrogen-bond donors (Lipinski definition) is 1. The maximum atomic E-state index is 12.1. The summed E-state index contributed by atoms with van der Waals surface area (Å²) in [6.45, 7) is 5.23. The van der Waals surface area contributed by atoms with Crippen LogP contribution in [-0.4, -0.2) is 34.1 Å². The van der Waals surface area contributed by atoms with Gasteiger partial charge in [-0.1, -0.05) is 0 Å². The first kappa shape index (κ1) is 12.4. The zero-order valence-corrected chi connectivity index (χ0v) is 10.7. The lowest BCUT2D eigenvalue weighted by molar-refractivity contribution is -0.125. The van der Waals surface area contributed by atoms with Gasteiger partial charge >= 0.3 is 0 Å². The van der Waals surface area contributed by atoms with Gasteiger partial charge in [0.2, 0.25) is 0 Å². The number of carbonyl (C=O) groups excluding carboxylic acids is 1. The van der Waals surface area contributed by atoms with Crippen molar-refractivity contribution < 1.29 is 4.79 Å². The average molecular weight is 244 g/mol. The molecule has 2 rings (SSSR count). The molecule has 1 aliphatic heterocycles. The van der Waals surface area contributed by atoms with Gasteiger partial charge in [-0.05, 0) is 32.8 Å². The lowest BCUT2D eigenvalue weighted by Crippen LogP contribution is -2.28. The minimum atomic E-state index is -0.171. The number of likely N-dealkylation sites (tertiary alicyclic amines) is 1. The predicted octanol–water partition coefficient (Wildman–Crippen LogP) is 1.56. The Bertz CT molecular complexity index is 510. The molecule has 1 N–H and O–H groups in total. The Morgan fingerprint density at radius 1 is 1.44 bits per heavy atom. The molecule has 5 nitrogen and oxygen atoms in total. The highest BCUT2D eigenvalue weighted by molar-refractivity contribution is 6.02. The minimum absolute atomic E-state index is 0.171. The maximum Gasteiger partial charge on any atom is 0.264 e. The number of nitrogens with zero attached hydrogens (tertiary/aromatic N) is 3. The summed E-state index contributed by atoms with van der Waals surface area (Å²) >= 11 is 0. The molecule has 0 spiro atoms. The number of amides is 1. The van der Waals surface area contributed by atoms with Crippen LogP contribution in [0.5, 0.6) is 0 Å². The topological polar surface area (TPSA) is 72.8 Å². The van der Waals surface area contributed by atoms with E-state index in [0.717, 1.165) is 42.9 Å². The van der Waals surface area contributed by atoms with Gasteiger partial charge in [-0.25, -0.2) is 0 Å². The molecule has 2 heterocycles. The lowest BCUT2D eigenvalue weighted by atomic mass is 10.1. The van der Waals surface area contributed by atoms with Crippen molar-refractivity contribution in [3.05, 3.63) is 22.5 Å². The largest absolute Gasteiger partial charge is 0.338 e. The third-order valence-corrected chi connectivity index (χ3v) is 3.22. The van der Waals surface area contributed by atoms with Crippen molar-refractivity contribution in [1.82, 2.24) is 15.1 Å². The summed E-state index contributed by atoms with van der Waals surface area (Å²) in [5.41, 5.74) is 2.69. The number of nitriles is 1. The van der Waals surface area contributed by atoms with Crippen molar-refractivity contribution in [2.45, 2.75) is 26.7 Å². The third-order valence-electron chi connectivity index (χ3n) is 3.22. The number of aromatic amines is 1. The highest BCUT2D eigenvalue weighted by Crippen LogP contribution is 2.17. The van der Waals surface area contributed by atoms with E-state index in [9.17, 15) is 4.79 Å². The molecular weight excluding hydrogens is 228 g/mol. The van der Waals surface area contributed by atoms with Gasteiger partial charge < -0.3 is 4.90 Å². The van der Waals surface area contributed by atoms with Gasteiger partial charge in [0.25, 0.3) is 5.91 Å². The second-order valence-electron chi connectivity index (χ2n) is 4.52. The zero-order valence-electron chi connectivity index (χ0n) is 10.7. The molecular formula is C13H16N4O. The molecule has 1 amide bonds. The minimum Gasteiger partial charge on any atom is -0.338 e. The first-order chi connectivity index (χ1) is 8.63. The Kier molecular flexibility index (Phi) is 3.47. The number of H-pyrrole nitrogens is 1. The van der Waals surface area contributed by atoms with E-state index in [1.54, 1.807) is 11.0 Å². The molecule has 5 heteroatoms. The molecule has 0 radical (unpaired) electrons. The SMILES string of the molecule is Cc1n[nH]c(C)c1/C=C(\C#N)C(=O)N1CCCC1. The lowest BCUT2D eigenvalue weighted by Gasteiger charge is -2.14. The maximum absolute atomic E-state index is 12.1. The Hall–Kier alpha value is -2.09. The van der Waals surface area contributed by atoms with Crippen LogP contribution in [0.15, 0.2) is 5.57 Å². The highest BCUT2D eigenvalue weighted by atomic mass is 16.2. The molecule has 1 fully saturated rings. The zero-order chi connectivity index (χ0) is 13.1. The van der Waals surface area contributed by atoms with Crippen molar-refractivity contribution in [3.8, 4) is 6.07 Å². The average Bonchev–Trinajstić information content (AvgIpc) is 2.98. The second kappa shape index (κ2) is 5.05. The fraction of sp³-hybridized carbons (Fsp3) is 0.462. The van der Waals surface area contributed by atoms with Crippen molar-refractivity contribution >= 4 is 12.0 Å². The van der Waals surface area contributed by atoms with E-state index < -0.39 is 0 Å². The summed E-state index contributed by atoms with van der Waals surface area (Å²) in [4.78, 5) is 13.9. The molecule has 94 valence electrons. The van der Waals surface area contributed by atoms with E-state index in [0.29, 0.717) is 0 Å². The van der Waals surface area contributed by atoms with E-state index in [4.69, 9.17) is 5.26 Å². The molecule has 0 unspecified atom stereocenters. The molecule has 18 heavy (non-hydrogen) atoms. The van der Waals surface area contributed by atoms with Gasteiger partial charge in [0.15, 0.2) is 0 Å². The predicted molar refractivity (Wildman–Crippen MR) is 67.5 cm³/mol. The highest BCUT2D eigenvalue weighted by Gasteiger charge is 2.22. The van der Waals surface area contributed by atoms with Crippen LogP contribution >= 0.6 is 0 Å². The van der Waals surface area contributed by atoms with Crippen LogP contribution in [0.1, 0.15) is 29.8 Å². The van der Waals surface area contributed by atoms with Crippen molar-refractivity contribution in [1.29, 1.82) is 5.26 Å². The van der Waals surface area contributed by atoms with Crippen LogP contribution in [0.4, 0.5) is 0 Å². The van der Waals surface area contributed by atoms with E-state index in [-0.39, 0.29) is 11.5 Å². The number of hydrogen-bond acceptors (Lipinski definition) is 3. The first-order valence-corrected chi connectivity index (χ1v) is 6.06. The van der Waals surface area contributed by atoms with Crippen LogP contribution in [0.3, 0.4) is 0 Å². The molecule has 0 saturated carbocycles. The Morgan fingerprint density at radius 3 is 2.61 bits per heavy atom. The second-order valence-corrected chi connectivity index (χ2v) is 4.52.